The van der Waals surface area contributed by atoms with Crippen LogP contribution in [0.4, 0.5) is 0 Å². The Bertz CT molecular complexity index is 555. The molecule has 2 rings (SSSR count). The van der Waals surface area contributed by atoms with Gasteiger partial charge in [-0.25, -0.2) is 0 Å². The van der Waals surface area contributed by atoms with Gasteiger partial charge in [-0.15, -0.1) is 0 Å². The molecule has 1 aliphatic heterocycles. The van der Waals surface area contributed by atoms with Crippen LogP contribution in [0.5, 0.6) is 0 Å². The van der Waals surface area contributed by atoms with Gasteiger partial charge in [0.2, 0.25) is 0 Å². The first-order valence-corrected chi connectivity index (χ1v) is 8.77. The van der Waals surface area contributed by atoms with Gasteiger partial charge in [0.25, 0.3) is 0 Å². The number of hydrogen-bond acceptors (Lipinski definition) is 5. The van der Waals surface area contributed by atoms with Gasteiger partial charge in [-0.1, -0.05) is 0 Å². The number of nitrogens with one attached hydrogen (secondary N) is 1. The SMILES string of the molecule is C[Se]Cc1cn([C@H]2C[C@H](O)[C@@H](CO)O2)c(=O)[nH]c1=O. The van der Waals surface area contributed by atoms with Gasteiger partial charge in [-0.3, -0.25) is 0 Å². The number of aromatic nitrogens is 2. The topological polar surface area (TPSA) is 105 Å². The molecule has 0 spiro atoms. The van der Waals surface area contributed by atoms with Crippen LogP contribution >= 0.6 is 0 Å². The third-order valence-corrected chi connectivity index (χ3v) is 4.29. The van der Waals surface area contributed by atoms with Gasteiger partial charge in [0.15, 0.2) is 0 Å². The molecule has 0 amide bonds. The van der Waals surface area contributed by atoms with Crippen LogP contribution < -0.4 is 11.2 Å². The zero-order valence-electron chi connectivity index (χ0n) is 10.4. The summed E-state index contributed by atoms with van der Waals surface area (Å²) in [6.45, 7) is -0.305. The zero-order chi connectivity index (χ0) is 14.0. The molecule has 8 heteroatoms. The van der Waals surface area contributed by atoms with Gasteiger partial charge in [-0.2, -0.15) is 0 Å². The second kappa shape index (κ2) is 6.02. The van der Waals surface area contributed by atoms with Crippen LogP contribution in [0.15, 0.2) is 15.8 Å². The Labute approximate surface area is 115 Å². The van der Waals surface area contributed by atoms with Crippen LogP contribution in [0.2, 0.25) is 5.82 Å². The number of aliphatic hydroxyl groups excluding tert-OH is 2. The number of aromatic amines is 1. The number of H-pyrrole nitrogens is 1. The predicted octanol–water partition coefficient (Wildman–Crippen LogP) is -1.57. The molecule has 2 heterocycles. The first-order valence-electron chi connectivity index (χ1n) is 5.84. The summed E-state index contributed by atoms with van der Waals surface area (Å²) in [4.78, 5) is 25.6. The summed E-state index contributed by atoms with van der Waals surface area (Å²) in [6.07, 6.45) is -0.452. The minimum absolute atomic E-state index is 0.216. The quantitative estimate of drug-likeness (QED) is 0.577. The van der Waals surface area contributed by atoms with Gasteiger partial charge in [-0.05, 0) is 0 Å². The molecule has 0 radical (unpaired) electrons. The minimum atomic E-state index is -0.812. The van der Waals surface area contributed by atoms with E-state index in [1.165, 1.54) is 10.8 Å². The van der Waals surface area contributed by atoms with Crippen molar-refractivity contribution in [2.75, 3.05) is 6.61 Å². The Morgan fingerprint density at radius 1 is 1.58 bits per heavy atom. The second-order valence-electron chi connectivity index (χ2n) is 4.37. The molecule has 0 saturated carbocycles. The monoisotopic (exact) mass is 336 g/mol. The zero-order valence-corrected chi connectivity index (χ0v) is 12.1. The van der Waals surface area contributed by atoms with E-state index in [1.54, 1.807) is 0 Å². The molecule has 3 N–H and O–H groups in total. The van der Waals surface area contributed by atoms with Crippen LogP contribution in [0.3, 0.4) is 0 Å². The Balaban J connectivity index is 2.33. The van der Waals surface area contributed by atoms with Crippen molar-refractivity contribution in [1.29, 1.82) is 0 Å². The Morgan fingerprint density at radius 3 is 2.89 bits per heavy atom. The van der Waals surface area contributed by atoms with Crippen molar-refractivity contribution in [3.63, 3.8) is 0 Å². The van der Waals surface area contributed by atoms with Crippen LogP contribution in [0.1, 0.15) is 18.2 Å². The van der Waals surface area contributed by atoms with E-state index in [0.29, 0.717) is 10.9 Å². The third-order valence-electron chi connectivity index (χ3n) is 3.04. The van der Waals surface area contributed by atoms with Crippen molar-refractivity contribution >= 4 is 15.0 Å². The molecule has 3 atom stereocenters. The molecule has 0 bridgehead atoms. The second-order valence-corrected chi connectivity index (χ2v) is 6.19. The van der Waals surface area contributed by atoms with E-state index >= 15 is 0 Å². The maximum absolute atomic E-state index is 11.8. The average Bonchev–Trinajstić information content (AvgIpc) is 2.74. The van der Waals surface area contributed by atoms with Crippen molar-refractivity contribution < 1.29 is 14.9 Å². The fourth-order valence-corrected chi connectivity index (χ4v) is 3.13. The molecule has 1 saturated heterocycles. The van der Waals surface area contributed by atoms with E-state index in [2.05, 4.69) is 4.98 Å². The maximum atomic E-state index is 11.8. The van der Waals surface area contributed by atoms with E-state index in [-0.39, 0.29) is 33.5 Å². The van der Waals surface area contributed by atoms with Crippen molar-refractivity contribution in [2.24, 2.45) is 0 Å². The van der Waals surface area contributed by atoms with E-state index in [1.807, 2.05) is 5.82 Å². The summed E-state index contributed by atoms with van der Waals surface area (Å²) in [7, 11) is 0. The Hall–Kier alpha value is -0.921. The molecule has 0 unspecified atom stereocenters. The molecule has 0 aromatic carbocycles. The molecule has 0 aliphatic carbocycles. The molecular weight excluding hydrogens is 319 g/mol. The van der Waals surface area contributed by atoms with Gasteiger partial charge < -0.3 is 0 Å². The van der Waals surface area contributed by atoms with Crippen molar-refractivity contribution in [2.45, 2.75) is 36.0 Å². The molecule has 1 aromatic heterocycles. The molecule has 19 heavy (non-hydrogen) atoms. The Morgan fingerprint density at radius 2 is 2.32 bits per heavy atom. The summed E-state index contributed by atoms with van der Waals surface area (Å²) >= 11 is 0.277. The van der Waals surface area contributed by atoms with Gasteiger partial charge in [0.05, 0.1) is 0 Å². The molecule has 106 valence electrons. The third kappa shape index (κ3) is 2.98. The first-order chi connectivity index (χ1) is 9.06. The van der Waals surface area contributed by atoms with Gasteiger partial charge in [0, 0.05) is 0 Å². The Kier molecular flexibility index (Phi) is 4.59. The van der Waals surface area contributed by atoms with E-state index < -0.39 is 24.1 Å². The van der Waals surface area contributed by atoms with E-state index in [0.717, 1.165) is 0 Å². The van der Waals surface area contributed by atoms with Crippen LogP contribution in [0, 0.1) is 0 Å². The molecule has 1 aliphatic rings. The van der Waals surface area contributed by atoms with E-state index in [9.17, 15) is 14.7 Å². The standard InChI is InChI=1S/C11H16N2O5Se/c1-19-5-6-3-13(11(17)12-10(6)16)9-2-7(15)8(4-14)18-9/h3,7-9,14-15H,2,4-5H2,1H3,(H,12,16,17)/t7-,8+,9+/m0/s1. The van der Waals surface area contributed by atoms with Crippen molar-refractivity contribution in [3.05, 3.63) is 32.6 Å². The average molecular weight is 335 g/mol. The van der Waals surface area contributed by atoms with Gasteiger partial charge in [0.1, 0.15) is 0 Å². The fourth-order valence-electron chi connectivity index (χ4n) is 2.05. The summed E-state index contributed by atoms with van der Waals surface area (Å²) in [6, 6.07) is 0. The van der Waals surface area contributed by atoms with Gasteiger partial charge >= 0.3 is 115 Å². The number of rotatable bonds is 4. The first kappa shape index (κ1) is 14.5. The van der Waals surface area contributed by atoms with Crippen molar-refractivity contribution in [3.8, 4) is 0 Å². The van der Waals surface area contributed by atoms with Crippen LogP contribution in [-0.4, -0.2) is 53.5 Å². The molecule has 7 nitrogen and oxygen atoms in total. The molecule has 1 fully saturated rings. The number of aliphatic hydroxyl groups is 2. The number of hydrogen-bond donors (Lipinski definition) is 3. The van der Waals surface area contributed by atoms with Crippen LogP contribution in [0.25, 0.3) is 0 Å². The number of nitrogens with zero attached hydrogens (tertiary/aromatic N) is 1. The van der Waals surface area contributed by atoms with E-state index in [4.69, 9.17) is 9.84 Å². The fraction of sp³-hybridized carbons (Fsp3) is 0.636. The predicted molar refractivity (Wildman–Crippen MR) is 68.3 cm³/mol. The molecule has 1 aromatic rings. The number of ether oxygens (including phenoxy) is 1. The van der Waals surface area contributed by atoms with Crippen LogP contribution in [-0.2, 0) is 10.1 Å². The van der Waals surface area contributed by atoms with Crippen molar-refractivity contribution in [1.82, 2.24) is 9.55 Å². The normalized spacial score (nSPS) is 26.8. The summed E-state index contributed by atoms with van der Waals surface area (Å²) in [5.41, 5.74) is -0.400. The summed E-state index contributed by atoms with van der Waals surface area (Å²) in [5, 5.41) is 19.3. The summed E-state index contributed by atoms with van der Waals surface area (Å²) < 4.78 is 6.69. The summed E-state index contributed by atoms with van der Waals surface area (Å²) in [5.74, 6) is 2.00. The molecular formula is C11H16N2O5Se.